The fourth-order valence-electron chi connectivity index (χ4n) is 1.83. The standard InChI is InChI=1S/C14H18ClF4NO/c1-2-20-12(7-10-4-3-5-11(15)6-10)8-21-9-14(18,19)13(16)17/h3-6,12-13,20H,2,7-9H2,1H3. The molecule has 1 atom stereocenters. The van der Waals surface area contributed by atoms with Crippen molar-refractivity contribution in [3.05, 3.63) is 34.9 Å². The van der Waals surface area contributed by atoms with E-state index in [1.807, 2.05) is 13.0 Å². The number of benzene rings is 1. The van der Waals surface area contributed by atoms with Gasteiger partial charge in [-0.2, -0.15) is 8.78 Å². The Kier molecular flexibility index (Phi) is 7.42. The number of ether oxygens (including phenoxy) is 1. The minimum atomic E-state index is -4.12. The molecular weight excluding hydrogens is 310 g/mol. The van der Waals surface area contributed by atoms with Crippen LogP contribution in [-0.4, -0.2) is 38.1 Å². The first-order valence-electron chi connectivity index (χ1n) is 6.56. The SMILES string of the molecule is CCNC(COCC(F)(F)C(F)F)Cc1cccc(Cl)c1. The van der Waals surface area contributed by atoms with Crippen LogP contribution < -0.4 is 5.32 Å². The van der Waals surface area contributed by atoms with E-state index in [0.29, 0.717) is 18.0 Å². The Bertz CT molecular complexity index is 431. The van der Waals surface area contributed by atoms with Crippen molar-refractivity contribution in [2.75, 3.05) is 19.8 Å². The smallest absolute Gasteiger partial charge is 0.330 e. The van der Waals surface area contributed by atoms with Crippen molar-refractivity contribution in [1.82, 2.24) is 5.32 Å². The van der Waals surface area contributed by atoms with Crippen molar-refractivity contribution >= 4 is 11.6 Å². The third-order valence-corrected chi connectivity index (χ3v) is 3.03. The Labute approximate surface area is 126 Å². The molecule has 0 aliphatic carbocycles. The molecule has 0 bridgehead atoms. The molecule has 1 N–H and O–H groups in total. The van der Waals surface area contributed by atoms with Crippen LogP contribution in [0.3, 0.4) is 0 Å². The monoisotopic (exact) mass is 327 g/mol. The highest BCUT2D eigenvalue weighted by atomic mass is 35.5. The lowest BCUT2D eigenvalue weighted by Gasteiger charge is -2.20. The van der Waals surface area contributed by atoms with Crippen molar-refractivity contribution in [2.45, 2.75) is 31.7 Å². The second-order valence-corrected chi connectivity index (χ2v) is 5.10. The van der Waals surface area contributed by atoms with E-state index in [0.717, 1.165) is 5.56 Å². The average Bonchev–Trinajstić information content (AvgIpc) is 2.38. The summed E-state index contributed by atoms with van der Waals surface area (Å²) in [6, 6.07) is 6.88. The van der Waals surface area contributed by atoms with Crippen LogP contribution >= 0.6 is 11.6 Å². The zero-order valence-corrected chi connectivity index (χ0v) is 12.3. The van der Waals surface area contributed by atoms with Crippen molar-refractivity contribution in [1.29, 1.82) is 0 Å². The van der Waals surface area contributed by atoms with Crippen molar-refractivity contribution in [3.63, 3.8) is 0 Å². The van der Waals surface area contributed by atoms with Crippen LogP contribution in [0, 0.1) is 0 Å². The molecule has 2 nitrogen and oxygen atoms in total. The number of halogens is 5. The molecule has 0 aliphatic rings. The van der Waals surface area contributed by atoms with E-state index in [4.69, 9.17) is 16.3 Å². The maximum Gasteiger partial charge on any atom is 0.330 e. The van der Waals surface area contributed by atoms with Crippen molar-refractivity contribution < 1.29 is 22.3 Å². The van der Waals surface area contributed by atoms with Gasteiger partial charge in [0.15, 0.2) is 0 Å². The van der Waals surface area contributed by atoms with Crippen LogP contribution in [0.1, 0.15) is 12.5 Å². The van der Waals surface area contributed by atoms with Gasteiger partial charge < -0.3 is 10.1 Å². The van der Waals surface area contributed by atoms with Gasteiger partial charge in [0.05, 0.1) is 6.61 Å². The number of hydrogen-bond donors (Lipinski definition) is 1. The lowest BCUT2D eigenvalue weighted by Crippen LogP contribution is -2.38. The average molecular weight is 328 g/mol. The van der Waals surface area contributed by atoms with E-state index in [1.165, 1.54) is 0 Å². The zero-order valence-electron chi connectivity index (χ0n) is 11.6. The van der Waals surface area contributed by atoms with Crippen LogP contribution in [0.4, 0.5) is 17.6 Å². The molecule has 120 valence electrons. The van der Waals surface area contributed by atoms with Gasteiger partial charge >= 0.3 is 12.3 Å². The quantitative estimate of drug-likeness (QED) is 0.697. The molecular formula is C14H18ClF4NO. The van der Waals surface area contributed by atoms with E-state index < -0.39 is 19.0 Å². The van der Waals surface area contributed by atoms with Gasteiger partial charge in [0.1, 0.15) is 6.61 Å². The highest BCUT2D eigenvalue weighted by molar-refractivity contribution is 6.30. The van der Waals surface area contributed by atoms with E-state index in [-0.39, 0.29) is 12.6 Å². The minimum absolute atomic E-state index is 0.0807. The van der Waals surface area contributed by atoms with E-state index in [1.54, 1.807) is 18.2 Å². The van der Waals surface area contributed by atoms with Gasteiger partial charge in [-0.05, 0) is 30.7 Å². The predicted octanol–water partition coefficient (Wildman–Crippen LogP) is 3.78. The summed E-state index contributed by atoms with van der Waals surface area (Å²) in [5, 5.41) is 3.64. The Morgan fingerprint density at radius 2 is 2.05 bits per heavy atom. The van der Waals surface area contributed by atoms with Gasteiger partial charge in [0.25, 0.3) is 0 Å². The maximum absolute atomic E-state index is 12.7. The van der Waals surface area contributed by atoms with Gasteiger partial charge in [-0.25, -0.2) is 8.78 Å². The summed E-state index contributed by atoms with van der Waals surface area (Å²) in [5.41, 5.74) is 0.915. The number of likely N-dealkylation sites (N-methyl/N-ethyl adjacent to an activating group) is 1. The number of rotatable bonds is 9. The van der Waals surface area contributed by atoms with E-state index in [9.17, 15) is 17.6 Å². The zero-order chi connectivity index (χ0) is 15.9. The van der Waals surface area contributed by atoms with Crippen LogP contribution in [-0.2, 0) is 11.2 Å². The van der Waals surface area contributed by atoms with Gasteiger partial charge in [-0.3, -0.25) is 0 Å². The first-order chi connectivity index (χ1) is 9.85. The topological polar surface area (TPSA) is 21.3 Å². The fourth-order valence-corrected chi connectivity index (χ4v) is 2.04. The highest BCUT2D eigenvalue weighted by Crippen LogP contribution is 2.23. The normalized spacial score (nSPS) is 13.7. The Balaban J connectivity index is 2.50. The van der Waals surface area contributed by atoms with Crippen LogP contribution in [0.15, 0.2) is 24.3 Å². The molecule has 0 aromatic heterocycles. The van der Waals surface area contributed by atoms with Crippen LogP contribution in [0.2, 0.25) is 5.02 Å². The van der Waals surface area contributed by atoms with Gasteiger partial charge in [0.2, 0.25) is 0 Å². The summed E-state index contributed by atoms with van der Waals surface area (Å²) in [6.45, 7) is 1.10. The first-order valence-corrected chi connectivity index (χ1v) is 6.94. The molecule has 21 heavy (non-hydrogen) atoms. The van der Waals surface area contributed by atoms with Gasteiger partial charge in [-0.1, -0.05) is 30.7 Å². The second kappa shape index (κ2) is 8.56. The molecule has 1 aromatic carbocycles. The summed E-state index contributed by atoms with van der Waals surface area (Å²) in [4.78, 5) is 0. The summed E-state index contributed by atoms with van der Waals surface area (Å²) < 4.78 is 54.3. The van der Waals surface area contributed by atoms with Gasteiger partial charge in [-0.15, -0.1) is 0 Å². The predicted molar refractivity (Wildman–Crippen MR) is 74.4 cm³/mol. The Morgan fingerprint density at radius 3 is 2.62 bits per heavy atom. The summed E-state index contributed by atoms with van der Waals surface area (Å²) in [7, 11) is 0. The van der Waals surface area contributed by atoms with Crippen molar-refractivity contribution in [3.8, 4) is 0 Å². The van der Waals surface area contributed by atoms with E-state index >= 15 is 0 Å². The third-order valence-electron chi connectivity index (χ3n) is 2.80. The van der Waals surface area contributed by atoms with Crippen LogP contribution in [0.25, 0.3) is 0 Å². The highest BCUT2D eigenvalue weighted by Gasteiger charge is 2.41. The largest absolute Gasteiger partial charge is 0.373 e. The molecule has 1 rings (SSSR count). The number of alkyl halides is 4. The Hall–Kier alpha value is -0.850. The molecule has 0 amide bonds. The third kappa shape index (κ3) is 6.63. The fraction of sp³-hybridized carbons (Fsp3) is 0.571. The summed E-state index contributed by atoms with van der Waals surface area (Å²) in [6.07, 6.45) is -3.21. The molecule has 0 heterocycles. The second-order valence-electron chi connectivity index (χ2n) is 4.67. The molecule has 0 spiro atoms. The summed E-state index contributed by atoms with van der Waals surface area (Å²) in [5.74, 6) is -4.12. The molecule has 1 unspecified atom stereocenters. The maximum atomic E-state index is 12.7. The molecule has 1 aromatic rings. The minimum Gasteiger partial charge on any atom is -0.373 e. The Morgan fingerprint density at radius 1 is 1.33 bits per heavy atom. The summed E-state index contributed by atoms with van der Waals surface area (Å²) >= 11 is 5.87. The molecule has 0 saturated carbocycles. The number of hydrogen-bond acceptors (Lipinski definition) is 2. The number of nitrogens with one attached hydrogen (secondary N) is 1. The molecule has 0 radical (unpaired) electrons. The van der Waals surface area contributed by atoms with Crippen molar-refractivity contribution in [2.24, 2.45) is 0 Å². The molecule has 0 saturated heterocycles. The lowest BCUT2D eigenvalue weighted by atomic mass is 10.1. The van der Waals surface area contributed by atoms with Crippen LogP contribution in [0.5, 0.6) is 0 Å². The molecule has 7 heteroatoms. The lowest BCUT2D eigenvalue weighted by molar-refractivity contribution is -0.167. The molecule has 0 aliphatic heterocycles. The first kappa shape index (κ1) is 18.2. The molecule has 0 fully saturated rings. The van der Waals surface area contributed by atoms with Gasteiger partial charge in [0, 0.05) is 11.1 Å². The van der Waals surface area contributed by atoms with E-state index in [2.05, 4.69) is 5.32 Å².